The number of hydrogen-bond acceptors (Lipinski definition) is 5. The number of benzene rings is 2. The summed E-state index contributed by atoms with van der Waals surface area (Å²) < 4.78 is 4.65. The number of methoxy groups -OCH3 is 1. The van der Waals surface area contributed by atoms with Gasteiger partial charge < -0.3 is 20.4 Å². The van der Waals surface area contributed by atoms with Crippen molar-refractivity contribution in [2.75, 3.05) is 17.7 Å². The van der Waals surface area contributed by atoms with Crippen molar-refractivity contribution in [2.45, 2.75) is 31.7 Å². The van der Waals surface area contributed by atoms with E-state index in [1.54, 1.807) is 36.4 Å². The Kier molecular flexibility index (Phi) is 8.47. The Hall–Kier alpha value is -3.82. The first-order chi connectivity index (χ1) is 17.8. The maximum absolute atomic E-state index is 12.9. The number of aromatic nitrogens is 2. The molecule has 1 aliphatic rings. The van der Waals surface area contributed by atoms with Gasteiger partial charge in [0.05, 0.1) is 25.3 Å². The molecule has 3 aromatic rings. The van der Waals surface area contributed by atoms with Crippen LogP contribution in [-0.4, -0.2) is 35.0 Å². The highest BCUT2D eigenvalue weighted by Crippen LogP contribution is 2.35. The number of halogens is 2. The Morgan fingerprint density at radius 2 is 2.00 bits per heavy atom. The molecule has 0 spiro atoms. The molecule has 37 heavy (non-hydrogen) atoms. The zero-order valence-corrected chi connectivity index (χ0v) is 21.4. The number of rotatable bonds is 4. The van der Waals surface area contributed by atoms with E-state index in [-0.39, 0.29) is 29.8 Å². The van der Waals surface area contributed by atoms with Gasteiger partial charge >= 0.3 is 6.09 Å². The second-order valence-electron chi connectivity index (χ2n) is 8.38. The molecule has 11 heteroatoms. The summed E-state index contributed by atoms with van der Waals surface area (Å²) in [6, 6.07) is 11.6. The van der Waals surface area contributed by atoms with Crippen LogP contribution in [0.25, 0.3) is 11.3 Å². The van der Waals surface area contributed by atoms with Crippen molar-refractivity contribution in [2.24, 2.45) is 0 Å². The molecule has 192 valence electrons. The van der Waals surface area contributed by atoms with Crippen molar-refractivity contribution < 1.29 is 19.1 Å². The Labute approximate surface area is 223 Å². The second-order valence-corrected chi connectivity index (χ2v) is 9.20. The lowest BCUT2D eigenvalue weighted by Crippen LogP contribution is -2.30. The molecule has 2 aromatic carbocycles. The van der Waals surface area contributed by atoms with Gasteiger partial charge in [-0.25, -0.2) is 9.78 Å². The summed E-state index contributed by atoms with van der Waals surface area (Å²) in [5, 5.41) is 9.27. The standard InChI is InChI=1S/C26H25Cl2N5O4/c1-37-26(36)29-17-10-11-18-20(14-17)31-21(34)9-4-2-3-8-19(25-32-23(18)24(28)33-25)30-22(35)13-15-6-5-7-16(27)12-15/h2-3,5-7,10-12,14,19H,4,8-9,13H2,1H3,(H,29,36)(H,30,35)(H,31,34)(H,32,33)/b3-2+/t19-/m0/s1. The summed E-state index contributed by atoms with van der Waals surface area (Å²) in [5.41, 5.74) is 2.58. The van der Waals surface area contributed by atoms with E-state index < -0.39 is 12.1 Å². The summed E-state index contributed by atoms with van der Waals surface area (Å²) in [7, 11) is 1.26. The molecule has 3 amide bonds. The third-order valence-corrected chi connectivity index (χ3v) is 6.16. The fourth-order valence-corrected chi connectivity index (χ4v) is 4.36. The highest BCUT2D eigenvalue weighted by atomic mass is 35.5. The van der Waals surface area contributed by atoms with Crippen LogP contribution in [0.2, 0.25) is 10.2 Å². The molecule has 1 atom stereocenters. The molecule has 4 N–H and O–H groups in total. The van der Waals surface area contributed by atoms with Crippen LogP contribution in [0.3, 0.4) is 0 Å². The van der Waals surface area contributed by atoms with Gasteiger partial charge in [0, 0.05) is 22.7 Å². The number of ether oxygens (including phenoxy) is 1. The SMILES string of the molecule is COC(=O)Nc1ccc2c(c1)NC(=O)CC/C=C/C[C@H](NC(=O)Cc1cccc(Cl)c1)c1nc-2c(Cl)[nH]1. The third kappa shape index (κ3) is 6.90. The summed E-state index contributed by atoms with van der Waals surface area (Å²) in [6.45, 7) is 0. The number of hydrogen-bond donors (Lipinski definition) is 4. The number of anilines is 2. The zero-order chi connectivity index (χ0) is 26.4. The number of fused-ring (bicyclic) bond motifs is 4. The second kappa shape index (κ2) is 11.9. The molecule has 0 fully saturated rings. The minimum atomic E-state index is -0.641. The lowest BCUT2D eigenvalue weighted by atomic mass is 10.1. The van der Waals surface area contributed by atoms with Gasteiger partial charge in [0.25, 0.3) is 0 Å². The van der Waals surface area contributed by atoms with E-state index in [0.717, 1.165) is 5.56 Å². The van der Waals surface area contributed by atoms with Gasteiger partial charge in [0.2, 0.25) is 11.8 Å². The molecule has 0 aliphatic carbocycles. The Balaban J connectivity index is 1.66. The number of amides is 3. The third-order valence-electron chi connectivity index (χ3n) is 5.65. The van der Waals surface area contributed by atoms with Crippen LogP contribution < -0.4 is 16.0 Å². The summed E-state index contributed by atoms with van der Waals surface area (Å²) in [5.74, 6) is 0.0610. The first-order valence-corrected chi connectivity index (χ1v) is 12.3. The van der Waals surface area contributed by atoms with E-state index in [1.807, 2.05) is 18.2 Å². The number of aromatic amines is 1. The average Bonchev–Trinajstić information content (AvgIpc) is 3.24. The first kappa shape index (κ1) is 26.2. The van der Waals surface area contributed by atoms with Crippen LogP contribution in [-0.2, 0) is 20.7 Å². The number of allylic oxidation sites excluding steroid dienone is 1. The fraction of sp³-hybridized carbons (Fsp3) is 0.231. The van der Waals surface area contributed by atoms with Crippen LogP contribution in [0.1, 0.15) is 36.7 Å². The Morgan fingerprint density at radius 1 is 1.16 bits per heavy atom. The molecule has 0 unspecified atom stereocenters. The predicted octanol–water partition coefficient (Wildman–Crippen LogP) is 5.64. The Bertz CT molecular complexity index is 1350. The largest absolute Gasteiger partial charge is 0.453 e. The topological polar surface area (TPSA) is 125 Å². The van der Waals surface area contributed by atoms with E-state index in [2.05, 4.69) is 30.7 Å². The molecule has 9 nitrogen and oxygen atoms in total. The molecular formula is C26H25Cl2N5O4. The molecule has 0 saturated carbocycles. The molecule has 0 saturated heterocycles. The number of nitrogens with zero attached hydrogens (tertiary/aromatic N) is 1. The van der Waals surface area contributed by atoms with E-state index in [1.165, 1.54) is 7.11 Å². The molecule has 4 rings (SSSR count). The smallest absolute Gasteiger partial charge is 0.411 e. The zero-order valence-electron chi connectivity index (χ0n) is 19.9. The predicted molar refractivity (Wildman–Crippen MR) is 143 cm³/mol. The number of carbonyl (C=O) groups is 3. The number of carbonyl (C=O) groups excluding carboxylic acids is 3. The van der Waals surface area contributed by atoms with Gasteiger partial charge in [0.15, 0.2) is 0 Å². The lowest BCUT2D eigenvalue weighted by Gasteiger charge is -2.15. The molecule has 2 bridgehead atoms. The highest BCUT2D eigenvalue weighted by Gasteiger charge is 2.23. The monoisotopic (exact) mass is 541 g/mol. The van der Waals surface area contributed by atoms with Crippen LogP contribution in [0.5, 0.6) is 0 Å². The summed E-state index contributed by atoms with van der Waals surface area (Å²) in [6.07, 6.45) is 4.49. The lowest BCUT2D eigenvalue weighted by molar-refractivity contribution is -0.121. The highest BCUT2D eigenvalue weighted by molar-refractivity contribution is 6.32. The van der Waals surface area contributed by atoms with Crippen LogP contribution >= 0.6 is 23.2 Å². The van der Waals surface area contributed by atoms with Crippen molar-refractivity contribution >= 4 is 52.5 Å². The normalized spacial score (nSPS) is 16.2. The maximum Gasteiger partial charge on any atom is 0.411 e. The molecule has 0 radical (unpaired) electrons. The van der Waals surface area contributed by atoms with Crippen molar-refractivity contribution in [3.63, 3.8) is 0 Å². The molecular weight excluding hydrogens is 517 g/mol. The average molecular weight is 542 g/mol. The quantitative estimate of drug-likeness (QED) is 0.318. The molecule has 1 aromatic heterocycles. The Morgan fingerprint density at radius 3 is 2.78 bits per heavy atom. The minimum Gasteiger partial charge on any atom is -0.453 e. The van der Waals surface area contributed by atoms with Gasteiger partial charge in [-0.15, -0.1) is 0 Å². The summed E-state index contributed by atoms with van der Waals surface area (Å²) in [4.78, 5) is 44.9. The number of nitrogens with one attached hydrogen (secondary N) is 4. The van der Waals surface area contributed by atoms with Gasteiger partial charge in [-0.3, -0.25) is 14.9 Å². The van der Waals surface area contributed by atoms with E-state index >= 15 is 0 Å². The van der Waals surface area contributed by atoms with E-state index in [9.17, 15) is 14.4 Å². The molecule has 2 heterocycles. The van der Waals surface area contributed by atoms with Gasteiger partial charge in [-0.2, -0.15) is 0 Å². The maximum atomic E-state index is 12.9. The number of H-pyrrole nitrogens is 1. The van der Waals surface area contributed by atoms with Crippen molar-refractivity contribution in [1.82, 2.24) is 15.3 Å². The van der Waals surface area contributed by atoms with Crippen molar-refractivity contribution in [3.8, 4) is 11.3 Å². The van der Waals surface area contributed by atoms with Crippen LogP contribution in [0.4, 0.5) is 16.2 Å². The number of imidazole rings is 1. The molecule has 1 aliphatic heterocycles. The first-order valence-electron chi connectivity index (χ1n) is 11.6. The van der Waals surface area contributed by atoms with Crippen molar-refractivity contribution in [3.05, 3.63) is 76.2 Å². The minimum absolute atomic E-state index is 0.152. The van der Waals surface area contributed by atoms with Gasteiger partial charge in [-0.1, -0.05) is 47.5 Å². The van der Waals surface area contributed by atoms with E-state index in [4.69, 9.17) is 23.2 Å². The van der Waals surface area contributed by atoms with E-state index in [0.29, 0.717) is 46.3 Å². The summed E-state index contributed by atoms with van der Waals surface area (Å²) >= 11 is 12.6. The van der Waals surface area contributed by atoms with Crippen LogP contribution in [0.15, 0.2) is 54.6 Å². The fourth-order valence-electron chi connectivity index (χ4n) is 3.91. The van der Waals surface area contributed by atoms with Gasteiger partial charge in [-0.05, 0) is 48.7 Å². The van der Waals surface area contributed by atoms with Crippen LogP contribution in [0, 0.1) is 0 Å². The van der Waals surface area contributed by atoms with Gasteiger partial charge in [0.1, 0.15) is 16.7 Å². The van der Waals surface area contributed by atoms with Crippen molar-refractivity contribution in [1.29, 1.82) is 0 Å².